The first kappa shape index (κ1) is 67.3. The number of hydrogen-bond donors (Lipinski definition) is 6. The van der Waals surface area contributed by atoms with Crippen LogP contribution in [0.5, 0.6) is 5.75 Å². The largest absolute Gasteiger partial charge is 0.495 e. The topological polar surface area (TPSA) is 285 Å². The second-order valence-electron chi connectivity index (χ2n) is 21.7. The van der Waals surface area contributed by atoms with E-state index in [0.29, 0.717) is 78.7 Å². The number of urea groups is 1. The molecule has 24 heteroatoms. The summed E-state index contributed by atoms with van der Waals surface area (Å²) >= 11 is 16.0. The number of methoxy groups -OCH3 is 2. The number of rotatable bonds is 25. The van der Waals surface area contributed by atoms with Crippen LogP contribution in [0.4, 0.5) is 21.0 Å². The SMILES string of the molecule is COc1cc2cc(c1Cl)N(C)C(=O)C[C@H](OC(=O)Nc1ccc(CC(=O)[C@H](CCCNC(N)=O)NC(=O)[C@@H](CC(=S)NCCOCCOCCC(C)=O)C(C)C)c(Br)c1)[C@]1(C)O[C@H]1[C@H](C)[C@@H]1C[C@@](O)(CC(=O)O1)[C@H](OC)/C=C/C=C(\C)C2. The van der Waals surface area contributed by atoms with Crippen molar-refractivity contribution in [1.29, 1.82) is 0 Å². The third-order valence-corrected chi connectivity index (χ3v) is 16.3. The van der Waals surface area contributed by atoms with Gasteiger partial charge in [0, 0.05) is 74.9 Å². The smallest absolute Gasteiger partial charge is 0.412 e. The lowest BCUT2D eigenvalue weighted by Gasteiger charge is -2.41. The van der Waals surface area contributed by atoms with Crippen molar-refractivity contribution in [3.05, 3.63) is 74.8 Å². The average Bonchev–Trinajstić information content (AvgIpc) is 1.98. The number of primary amides is 1. The van der Waals surface area contributed by atoms with Gasteiger partial charge in [0.05, 0.1) is 69.2 Å². The zero-order valence-corrected chi connectivity index (χ0v) is 51.4. The molecule has 21 nitrogen and oxygen atoms in total. The fraction of sp³-hybridized carbons (Fsp3) is 0.586. The van der Waals surface area contributed by atoms with Crippen LogP contribution in [0.3, 0.4) is 0 Å². The number of thiocarbonyl (C=S) groups is 1. The molecule has 0 aromatic heterocycles. The summed E-state index contributed by atoms with van der Waals surface area (Å²) in [5, 5.41) is 23.5. The van der Waals surface area contributed by atoms with Crippen molar-refractivity contribution in [2.75, 3.05) is 71.0 Å². The van der Waals surface area contributed by atoms with Gasteiger partial charge in [-0.1, -0.05) is 90.4 Å². The van der Waals surface area contributed by atoms with Gasteiger partial charge in [-0.3, -0.25) is 29.3 Å². The minimum atomic E-state index is -1.64. The molecule has 82 heavy (non-hydrogen) atoms. The fourth-order valence-electron chi connectivity index (χ4n) is 10.0. The molecule has 3 heterocycles. The Morgan fingerprint density at radius 2 is 1.76 bits per heavy atom. The standard InChI is InChI=1S/C58H80BrClN6O15S/c1-33(2)40(29-49(82)62-19-21-78-23-22-77-20-17-35(4)67)54(71)65-42(13-11-18-63-55(61)72)44(68)27-38-15-16-39(28-41(38)59)64-56(73)80-48-30-50(69)66(7)43-25-37(26-45(75-8)52(43)60)24-34(3)12-10-14-47(76-9)58(74)31-46(79-51(70)32-58)36(5)53-57(48,6)81-53/h10,12,14-16,25-26,28,33,36,40,42,46-48,53,74H,11,13,17-24,27,29-32H2,1-9H3,(H,62,82)(H,64,73)(H,65,71)(H3,61,63,72)/b14-10+,34-12+/t36-,40+,42+,46+,47-,48+,53+,57+,58-/m1/s1. The maximum atomic E-state index is 14.4. The Balaban J connectivity index is 1.31. The molecule has 2 aromatic carbocycles. The Kier molecular flexibility index (Phi) is 25.7. The molecule has 0 unspecified atom stereocenters. The van der Waals surface area contributed by atoms with Crippen molar-refractivity contribution in [3.8, 4) is 5.75 Å². The van der Waals surface area contributed by atoms with Crippen molar-refractivity contribution < 1.29 is 71.8 Å². The summed E-state index contributed by atoms with van der Waals surface area (Å²) in [5.41, 5.74) is 5.20. The lowest BCUT2D eigenvalue weighted by Crippen LogP contribution is -2.53. The minimum Gasteiger partial charge on any atom is -0.495 e. The molecular formula is C58H80BrClN6O15S. The molecule has 0 saturated carbocycles. The maximum absolute atomic E-state index is 14.4. The van der Waals surface area contributed by atoms with Gasteiger partial charge in [-0.25, -0.2) is 9.59 Å². The molecule has 0 radical (unpaired) electrons. The van der Waals surface area contributed by atoms with Crippen LogP contribution in [0, 0.1) is 17.8 Å². The van der Waals surface area contributed by atoms with Crippen LogP contribution in [0.1, 0.15) is 97.6 Å². The van der Waals surface area contributed by atoms with Crippen LogP contribution < -0.4 is 36.6 Å². The number of hydrogen-bond acceptors (Lipinski definition) is 16. The molecule has 4 bridgehead atoms. The van der Waals surface area contributed by atoms with Crippen LogP contribution in [0.25, 0.3) is 0 Å². The van der Waals surface area contributed by atoms with Gasteiger partial charge in [-0.05, 0) is 81.3 Å². The molecule has 5 amide bonds. The number of nitrogens with two attached hydrogens (primary N) is 1. The lowest BCUT2D eigenvalue weighted by atomic mass is 9.78. The average molecular weight is 1250 g/mol. The van der Waals surface area contributed by atoms with Crippen molar-refractivity contribution in [2.24, 2.45) is 23.5 Å². The Morgan fingerprint density at radius 3 is 2.41 bits per heavy atom. The number of fused-ring (bicyclic) bond motifs is 5. The third kappa shape index (κ3) is 19.5. The van der Waals surface area contributed by atoms with E-state index in [4.69, 9.17) is 62.7 Å². The normalized spacial score (nSPS) is 24.6. The summed E-state index contributed by atoms with van der Waals surface area (Å²) in [6.45, 7) is 12.6. The number of amides is 5. The molecule has 2 saturated heterocycles. The monoisotopic (exact) mass is 1250 g/mol. The molecule has 0 aliphatic carbocycles. The van der Waals surface area contributed by atoms with Gasteiger partial charge in [0.1, 0.15) is 46.1 Å². The summed E-state index contributed by atoms with van der Waals surface area (Å²) in [4.78, 5) is 94.1. The second-order valence-corrected chi connectivity index (χ2v) is 23.4. The van der Waals surface area contributed by atoms with Gasteiger partial charge >= 0.3 is 18.1 Å². The highest BCUT2D eigenvalue weighted by atomic mass is 79.9. The summed E-state index contributed by atoms with van der Waals surface area (Å²) in [6.07, 6.45) is 1.40. The summed E-state index contributed by atoms with van der Waals surface area (Å²) in [7, 11) is 4.48. The minimum absolute atomic E-state index is 0.00709. The molecule has 7 N–H and O–H groups in total. The van der Waals surface area contributed by atoms with E-state index in [2.05, 4.69) is 37.2 Å². The highest BCUT2D eigenvalue weighted by molar-refractivity contribution is 9.10. The van der Waals surface area contributed by atoms with Gasteiger partial charge < -0.3 is 64.8 Å². The quantitative estimate of drug-likeness (QED) is 0.0252. The summed E-state index contributed by atoms with van der Waals surface area (Å²) in [6, 6.07) is 6.67. The van der Waals surface area contributed by atoms with Gasteiger partial charge in [-0.15, -0.1) is 0 Å². The van der Waals surface area contributed by atoms with Crippen molar-refractivity contribution in [3.63, 3.8) is 0 Å². The van der Waals surface area contributed by atoms with Crippen LogP contribution in [0.15, 0.2) is 58.6 Å². The molecule has 452 valence electrons. The Bertz CT molecular complexity index is 2700. The number of ketones is 2. The number of nitrogens with one attached hydrogen (secondary N) is 4. The highest BCUT2D eigenvalue weighted by Crippen LogP contribution is 2.50. The Morgan fingerprint density at radius 1 is 1.04 bits per heavy atom. The third-order valence-electron chi connectivity index (χ3n) is 14.9. The van der Waals surface area contributed by atoms with Gasteiger partial charge in [-0.2, -0.15) is 0 Å². The van der Waals surface area contributed by atoms with Crippen LogP contribution >= 0.6 is 39.7 Å². The van der Waals surface area contributed by atoms with Crippen LogP contribution in [0.2, 0.25) is 5.02 Å². The van der Waals surface area contributed by atoms with Gasteiger partial charge in [0.2, 0.25) is 11.8 Å². The molecule has 3 aliphatic rings. The predicted octanol–water partition coefficient (Wildman–Crippen LogP) is 7.02. The first-order valence-electron chi connectivity index (χ1n) is 27.4. The number of carbonyl (C=O) groups is 7. The number of nitrogens with zero attached hydrogens (tertiary/aromatic N) is 1. The van der Waals surface area contributed by atoms with E-state index >= 15 is 0 Å². The Labute approximate surface area is 498 Å². The zero-order valence-electron chi connectivity index (χ0n) is 48.2. The number of anilines is 2. The van der Waals surface area contributed by atoms with E-state index in [1.165, 1.54) is 26.0 Å². The number of benzene rings is 2. The first-order valence-corrected chi connectivity index (χ1v) is 29.0. The number of allylic oxidation sites excluding steroid dienone is 3. The molecule has 2 aromatic rings. The van der Waals surface area contributed by atoms with Crippen molar-refractivity contribution >= 4 is 97.6 Å². The van der Waals surface area contributed by atoms with E-state index in [0.717, 1.165) is 11.1 Å². The van der Waals surface area contributed by atoms with Gasteiger partial charge in [0.15, 0.2) is 5.78 Å². The molecule has 9 atom stereocenters. The molecule has 3 aliphatic heterocycles. The second kappa shape index (κ2) is 31.4. The first-order chi connectivity index (χ1) is 38.8. The number of carbonyl (C=O) groups excluding carboxylic acids is 7. The van der Waals surface area contributed by atoms with E-state index in [1.54, 1.807) is 63.4 Å². The number of Topliss-reactive ketones (excluding diaryl/α,β-unsaturated/α-hetero) is 2. The lowest BCUT2D eigenvalue weighted by molar-refractivity contribution is -0.187. The van der Waals surface area contributed by atoms with E-state index in [-0.39, 0.29) is 79.2 Å². The molecule has 2 fully saturated rings. The number of aliphatic hydroxyl groups is 1. The van der Waals surface area contributed by atoms with E-state index < -0.39 is 77.5 Å². The fourth-order valence-corrected chi connectivity index (χ4v) is 11.1. The van der Waals surface area contributed by atoms with Gasteiger partial charge in [0.25, 0.3) is 0 Å². The maximum Gasteiger partial charge on any atom is 0.412 e. The number of epoxide rings is 1. The predicted molar refractivity (Wildman–Crippen MR) is 316 cm³/mol. The Hall–Kier alpha value is -5.53. The highest BCUT2D eigenvalue weighted by Gasteiger charge is 2.64. The van der Waals surface area contributed by atoms with E-state index in [9.17, 15) is 38.7 Å². The number of halogens is 2. The number of ether oxygens (including phenoxy) is 7. The molecule has 5 rings (SSSR count). The van der Waals surface area contributed by atoms with Crippen molar-refractivity contribution in [2.45, 2.75) is 141 Å². The molecule has 0 spiro atoms. The summed E-state index contributed by atoms with van der Waals surface area (Å²) in [5.74, 6) is -2.71. The van der Waals surface area contributed by atoms with Crippen molar-refractivity contribution in [1.82, 2.24) is 16.0 Å². The zero-order chi connectivity index (χ0) is 60.5. The number of esters is 1. The van der Waals surface area contributed by atoms with E-state index in [1.807, 2.05) is 26.8 Å². The molecular weight excluding hydrogens is 1170 g/mol. The van der Waals surface area contributed by atoms with Crippen LogP contribution in [-0.2, 0) is 65.2 Å². The summed E-state index contributed by atoms with van der Waals surface area (Å²) < 4.78 is 41.1. The van der Waals surface area contributed by atoms with Crippen LogP contribution in [-0.4, -0.2) is 154 Å².